The van der Waals surface area contributed by atoms with E-state index in [1.807, 2.05) is 26.0 Å². The van der Waals surface area contributed by atoms with Crippen molar-refractivity contribution in [3.63, 3.8) is 0 Å². The van der Waals surface area contributed by atoms with Crippen molar-refractivity contribution in [3.05, 3.63) is 115 Å². The Labute approximate surface area is 188 Å². The fourth-order valence-electron chi connectivity index (χ4n) is 4.23. The van der Waals surface area contributed by atoms with Crippen molar-refractivity contribution in [2.24, 2.45) is 0 Å². The molecule has 0 unspecified atom stereocenters. The molecule has 0 radical (unpaired) electrons. The van der Waals surface area contributed by atoms with Gasteiger partial charge in [-0.15, -0.1) is 0 Å². The predicted octanol–water partition coefficient (Wildman–Crippen LogP) is 5.11. The number of fused-ring (bicyclic) bond motifs is 2. The number of aryl methyl sites for hydroxylation is 2. The number of aromatic hydroxyl groups is 2. The van der Waals surface area contributed by atoms with Gasteiger partial charge >= 0.3 is 11.3 Å². The molecule has 0 spiro atoms. The Morgan fingerprint density at radius 3 is 1.64 bits per heavy atom. The second kappa shape index (κ2) is 7.67. The minimum Gasteiger partial charge on any atom is -0.507 e. The average molecular weight is 440 g/mol. The van der Waals surface area contributed by atoms with Crippen molar-refractivity contribution >= 4 is 21.9 Å². The quantitative estimate of drug-likeness (QED) is 0.378. The van der Waals surface area contributed by atoms with E-state index in [1.165, 1.54) is 0 Å². The summed E-state index contributed by atoms with van der Waals surface area (Å²) in [6.07, 6.45) is 0. The third kappa shape index (κ3) is 3.27. The molecule has 6 nitrogen and oxygen atoms in total. The summed E-state index contributed by atoms with van der Waals surface area (Å²) in [6.45, 7) is 3.85. The Hall–Kier alpha value is -4.32. The van der Waals surface area contributed by atoms with Gasteiger partial charge in [-0.05, 0) is 54.8 Å². The van der Waals surface area contributed by atoms with Crippen molar-refractivity contribution in [3.8, 4) is 11.5 Å². The van der Waals surface area contributed by atoms with Crippen LogP contribution in [0.25, 0.3) is 21.9 Å². The first-order valence-corrected chi connectivity index (χ1v) is 10.4. The van der Waals surface area contributed by atoms with Gasteiger partial charge in [0.25, 0.3) is 0 Å². The molecule has 164 valence electrons. The van der Waals surface area contributed by atoms with Gasteiger partial charge in [-0.25, -0.2) is 9.59 Å². The maximum Gasteiger partial charge on any atom is 0.344 e. The molecule has 0 aliphatic carbocycles. The number of rotatable bonds is 3. The van der Waals surface area contributed by atoms with Crippen LogP contribution in [0.3, 0.4) is 0 Å². The summed E-state index contributed by atoms with van der Waals surface area (Å²) in [5, 5.41) is 23.0. The number of hydrogen-bond donors (Lipinski definition) is 2. The van der Waals surface area contributed by atoms with E-state index in [4.69, 9.17) is 8.83 Å². The Bertz CT molecular complexity index is 1560. The van der Waals surface area contributed by atoms with E-state index < -0.39 is 17.2 Å². The van der Waals surface area contributed by atoms with Gasteiger partial charge < -0.3 is 19.0 Å². The molecule has 5 rings (SSSR count). The molecule has 33 heavy (non-hydrogen) atoms. The highest BCUT2D eigenvalue weighted by atomic mass is 16.4. The fourth-order valence-corrected chi connectivity index (χ4v) is 4.23. The highest BCUT2D eigenvalue weighted by Crippen LogP contribution is 2.42. The molecule has 2 heterocycles. The maximum absolute atomic E-state index is 13.1. The summed E-state index contributed by atoms with van der Waals surface area (Å²) >= 11 is 0. The zero-order chi connectivity index (χ0) is 23.3. The van der Waals surface area contributed by atoms with Crippen molar-refractivity contribution < 1.29 is 19.0 Å². The molecular formula is C27H20O6. The van der Waals surface area contributed by atoms with Crippen LogP contribution in [0, 0.1) is 13.8 Å². The van der Waals surface area contributed by atoms with Gasteiger partial charge in [0, 0.05) is 0 Å². The van der Waals surface area contributed by atoms with E-state index in [-0.39, 0.29) is 33.8 Å². The lowest BCUT2D eigenvalue weighted by Gasteiger charge is -2.20. The van der Waals surface area contributed by atoms with Gasteiger partial charge in [0.1, 0.15) is 22.7 Å². The zero-order valence-electron chi connectivity index (χ0n) is 18.0. The minimum absolute atomic E-state index is 0.144. The smallest absolute Gasteiger partial charge is 0.344 e. The van der Waals surface area contributed by atoms with Crippen LogP contribution < -0.4 is 11.3 Å². The van der Waals surface area contributed by atoms with Crippen molar-refractivity contribution in [2.75, 3.05) is 0 Å². The molecule has 2 N–H and O–H groups in total. The molecule has 0 saturated carbocycles. The van der Waals surface area contributed by atoms with Gasteiger partial charge in [-0.3, -0.25) is 0 Å². The largest absolute Gasteiger partial charge is 0.507 e. The van der Waals surface area contributed by atoms with E-state index in [0.717, 1.165) is 11.1 Å². The zero-order valence-corrected chi connectivity index (χ0v) is 18.0. The number of para-hydroxylation sites is 2. The molecule has 0 fully saturated rings. The molecule has 0 aliphatic heterocycles. The van der Waals surface area contributed by atoms with Crippen LogP contribution in [0.4, 0.5) is 0 Å². The van der Waals surface area contributed by atoms with Gasteiger partial charge in [-0.2, -0.15) is 0 Å². The molecule has 0 saturated heterocycles. The predicted molar refractivity (Wildman–Crippen MR) is 125 cm³/mol. The molecular weight excluding hydrogens is 420 g/mol. The SMILES string of the molecule is Cc1ccc(C(c2c(O)c3ccccc3oc2=O)c2c(O)c3ccccc3oc2=O)cc1C. The molecule has 5 aromatic rings. The monoisotopic (exact) mass is 440 g/mol. The molecule has 0 bridgehead atoms. The van der Waals surface area contributed by atoms with Crippen molar-refractivity contribution in [1.29, 1.82) is 0 Å². The molecule has 0 aliphatic rings. The summed E-state index contributed by atoms with van der Waals surface area (Å²) in [6, 6.07) is 18.6. The van der Waals surface area contributed by atoms with Crippen molar-refractivity contribution in [1.82, 2.24) is 0 Å². The first kappa shape index (κ1) is 20.6. The standard InChI is InChI=1S/C27H20O6/c1-14-11-12-16(13-15(14)2)21(22-24(28)17-7-3-5-9-19(17)32-26(22)30)23-25(29)18-8-4-6-10-20(18)33-27(23)31/h3-13,21,28-29H,1-2H3. The summed E-state index contributed by atoms with van der Waals surface area (Å²) in [5.74, 6) is -1.74. The number of hydrogen-bond acceptors (Lipinski definition) is 6. The van der Waals surface area contributed by atoms with Crippen LogP contribution in [0.15, 0.2) is 85.2 Å². The summed E-state index contributed by atoms with van der Waals surface area (Å²) in [7, 11) is 0. The molecule has 0 atom stereocenters. The van der Waals surface area contributed by atoms with E-state index in [9.17, 15) is 19.8 Å². The van der Waals surface area contributed by atoms with Gasteiger partial charge in [0.2, 0.25) is 0 Å². The van der Waals surface area contributed by atoms with Crippen molar-refractivity contribution in [2.45, 2.75) is 19.8 Å². The minimum atomic E-state index is -1.12. The molecule has 6 heteroatoms. The van der Waals surface area contributed by atoms with E-state index in [0.29, 0.717) is 16.3 Å². The van der Waals surface area contributed by atoms with Gasteiger partial charge in [0.15, 0.2) is 0 Å². The third-order valence-corrected chi connectivity index (χ3v) is 6.08. The summed E-state index contributed by atoms with van der Waals surface area (Å²) in [4.78, 5) is 26.3. The van der Waals surface area contributed by atoms with Crippen LogP contribution in [0.1, 0.15) is 33.7 Å². The van der Waals surface area contributed by atoms with E-state index >= 15 is 0 Å². The maximum atomic E-state index is 13.1. The second-order valence-electron chi connectivity index (χ2n) is 8.07. The Balaban J connectivity index is 1.92. The van der Waals surface area contributed by atoms with Gasteiger partial charge in [0.05, 0.1) is 27.8 Å². The second-order valence-corrected chi connectivity index (χ2v) is 8.07. The van der Waals surface area contributed by atoms with Crippen LogP contribution in [0.5, 0.6) is 11.5 Å². The lowest BCUT2D eigenvalue weighted by atomic mass is 9.83. The van der Waals surface area contributed by atoms with E-state index in [1.54, 1.807) is 54.6 Å². The lowest BCUT2D eigenvalue weighted by molar-refractivity contribution is 0.441. The molecule has 0 amide bonds. The lowest BCUT2D eigenvalue weighted by Crippen LogP contribution is -2.21. The normalized spacial score (nSPS) is 11.5. The van der Waals surface area contributed by atoms with Crippen LogP contribution in [-0.4, -0.2) is 10.2 Å². The average Bonchev–Trinajstić information content (AvgIpc) is 2.80. The Morgan fingerprint density at radius 1 is 0.667 bits per heavy atom. The topological polar surface area (TPSA) is 101 Å². The summed E-state index contributed by atoms with van der Waals surface area (Å²) in [5.41, 5.74) is 1.02. The highest BCUT2D eigenvalue weighted by Gasteiger charge is 2.32. The third-order valence-electron chi connectivity index (χ3n) is 6.08. The van der Waals surface area contributed by atoms with E-state index in [2.05, 4.69) is 0 Å². The first-order chi connectivity index (χ1) is 15.9. The molecule has 2 aromatic heterocycles. The Kier molecular flexibility index (Phi) is 4.78. The summed E-state index contributed by atoms with van der Waals surface area (Å²) < 4.78 is 11.0. The molecule has 3 aromatic carbocycles. The van der Waals surface area contributed by atoms with Crippen LogP contribution >= 0.6 is 0 Å². The highest BCUT2D eigenvalue weighted by molar-refractivity contribution is 5.86. The van der Waals surface area contributed by atoms with Crippen LogP contribution in [-0.2, 0) is 0 Å². The van der Waals surface area contributed by atoms with Gasteiger partial charge in [-0.1, -0.05) is 42.5 Å². The fraction of sp³-hybridized carbons (Fsp3) is 0.111. The Morgan fingerprint density at radius 2 is 1.15 bits per heavy atom. The van der Waals surface area contributed by atoms with Crippen LogP contribution in [0.2, 0.25) is 0 Å². The number of benzene rings is 3. The first-order valence-electron chi connectivity index (χ1n) is 10.4.